The van der Waals surface area contributed by atoms with Gasteiger partial charge in [-0.15, -0.1) is 0 Å². The number of hydrogen-bond donors (Lipinski definition) is 1. The molecule has 2 rings (SSSR count). The van der Waals surface area contributed by atoms with Crippen molar-refractivity contribution in [1.29, 1.82) is 0 Å². The van der Waals surface area contributed by atoms with Gasteiger partial charge in [0, 0.05) is 18.2 Å². The van der Waals surface area contributed by atoms with E-state index in [9.17, 15) is 9.59 Å². The van der Waals surface area contributed by atoms with Crippen molar-refractivity contribution in [3.63, 3.8) is 0 Å². The Hall–Kier alpha value is -2.89. The monoisotopic (exact) mass is 327 g/mol. The predicted octanol–water partition coefficient (Wildman–Crippen LogP) is 2.87. The number of nitrogens with zero attached hydrogens (tertiary/aromatic N) is 2. The first-order valence-corrected chi connectivity index (χ1v) is 7.72. The van der Waals surface area contributed by atoms with Gasteiger partial charge in [0.2, 0.25) is 11.8 Å². The molecule has 0 saturated heterocycles. The average Bonchev–Trinajstić information content (AvgIpc) is 2.96. The summed E-state index contributed by atoms with van der Waals surface area (Å²) in [5.74, 6) is 0.403. The van der Waals surface area contributed by atoms with Crippen molar-refractivity contribution >= 4 is 23.7 Å². The van der Waals surface area contributed by atoms with Gasteiger partial charge in [0.25, 0.3) is 0 Å². The zero-order valence-corrected chi connectivity index (χ0v) is 14.0. The molecule has 0 radical (unpaired) electrons. The topological polar surface area (TPSA) is 75.4 Å². The zero-order valence-electron chi connectivity index (χ0n) is 14.0. The maximum absolute atomic E-state index is 12.4. The molecule has 1 heterocycles. The summed E-state index contributed by atoms with van der Waals surface area (Å²) >= 11 is 0. The summed E-state index contributed by atoms with van der Waals surface area (Å²) in [5, 5.41) is 6.32. The smallest absolute Gasteiger partial charge is 0.247 e. The zero-order chi connectivity index (χ0) is 17.5. The first kappa shape index (κ1) is 17.5. The van der Waals surface area contributed by atoms with E-state index in [0.29, 0.717) is 11.6 Å². The second-order valence-electron chi connectivity index (χ2n) is 5.67. The van der Waals surface area contributed by atoms with Gasteiger partial charge in [-0.2, -0.15) is 0 Å². The molecular formula is C18H21N3O3. The molecule has 0 aliphatic heterocycles. The van der Waals surface area contributed by atoms with E-state index in [2.05, 4.69) is 10.5 Å². The third-order valence-electron chi connectivity index (χ3n) is 3.33. The summed E-state index contributed by atoms with van der Waals surface area (Å²) in [6.07, 6.45) is 3.21. The summed E-state index contributed by atoms with van der Waals surface area (Å²) in [6, 6.07) is 11.0. The number of rotatable bonds is 6. The van der Waals surface area contributed by atoms with E-state index in [1.165, 1.54) is 11.0 Å². The van der Waals surface area contributed by atoms with Crippen LogP contribution in [-0.2, 0) is 9.59 Å². The van der Waals surface area contributed by atoms with Crippen molar-refractivity contribution in [2.45, 2.75) is 26.8 Å². The van der Waals surface area contributed by atoms with E-state index in [-0.39, 0.29) is 24.4 Å². The van der Waals surface area contributed by atoms with Gasteiger partial charge >= 0.3 is 0 Å². The molecule has 126 valence electrons. The van der Waals surface area contributed by atoms with Crippen LogP contribution in [-0.4, -0.2) is 34.5 Å². The number of aromatic nitrogens is 1. The summed E-state index contributed by atoms with van der Waals surface area (Å²) in [5.41, 5.74) is 0.928. The number of aryl methyl sites for hydroxylation is 1. The van der Waals surface area contributed by atoms with Crippen LogP contribution in [0.2, 0.25) is 0 Å². The molecule has 2 aromatic rings. The predicted molar refractivity (Wildman–Crippen MR) is 92.2 cm³/mol. The van der Waals surface area contributed by atoms with E-state index in [1.54, 1.807) is 19.1 Å². The number of amides is 2. The highest BCUT2D eigenvalue weighted by molar-refractivity contribution is 5.97. The summed E-state index contributed by atoms with van der Waals surface area (Å²) in [4.78, 5) is 26.0. The standard InChI is InChI=1S/C18H21N3O3/c1-13(2)21(12-17(22)19-16-11-14(3)24-20-16)18(23)10-9-15-7-5-4-6-8-15/h4-11,13H,12H2,1-3H3,(H,19,20,22)/b10-9+. The highest BCUT2D eigenvalue weighted by Gasteiger charge is 2.18. The fraction of sp³-hybridized carbons (Fsp3) is 0.278. The van der Waals surface area contributed by atoms with E-state index in [1.807, 2.05) is 44.2 Å². The number of benzene rings is 1. The maximum atomic E-state index is 12.4. The van der Waals surface area contributed by atoms with Crippen LogP contribution in [0, 0.1) is 6.92 Å². The lowest BCUT2D eigenvalue weighted by atomic mass is 10.2. The fourth-order valence-corrected chi connectivity index (χ4v) is 2.10. The normalized spacial score (nSPS) is 11.0. The van der Waals surface area contributed by atoms with E-state index < -0.39 is 0 Å². The molecule has 24 heavy (non-hydrogen) atoms. The average molecular weight is 327 g/mol. The maximum Gasteiger partial charge on any atom is 0.247 e. The lowest BCUT2D eigenvalue weighted by Gasteiger charge is -2.24. The summed E-state index contributed by atoms with van der Waals surface area (Å²) in [6.45, 7) is 5.41. The molecule has 1 aromatic carbocycles. The summed E-state index contributed by atoms with van der Waals surface area (Å²) < 4.78 is 4.90. The first-order valence-electron chi connectivity index (χ1n) is 7.72. The lowest BCUT2D eigenvalue weighted by Crippen LogP contribution is -2.41. The van der Waals surface area contributed by atoms with Gasteiger partial charge in [0.15, 0.2) is 5.82 Å². The minimum atomic E-state index is -0.321. The highest BCUT2D eigenvalue weighted by Crippen LogP contribution is 2.08. The van der Waals surface area contributed by atoms with Crippen LogP contribution >= 0.6 is 0 Å². The Bertz CT molecular complexity index is 720. The van der Waals surface area contributed by atoms with Gasteiger partial charge < -0.3 is 14.7 Å². The van der Waals surface area contributed by atoms with E-state index >= 15 is 0 Å². The van der Waals surface area contributed by atoms with Crippen molar-refractivity contribution in [2.24, 2.45) is 0 Å². The van der Waals surface area contributed by atoms with Crippen LogP contribution in [0.1, 0.15) is 25.2 Å². The molecule has 0 atom stereocenters. The molecule has 2 amide bonds. The molecule has 0 aliphatic rings. The van der Waals surface area contributed by atoms with E-state index in [0.717, 1.165) is 5.56 Å². The molecule has 0 fully saturated rings. The van der Waals surface area contributed by atoms with Crippen molar-refractivity contribution in [1.82, 2.24) is 10.1 Å². The minimum Gasteiger partial charge on any atom is -0.360 e. The molecule has 6 heteroatoms. The quantitative estimate of drug-likeness (QED) is 0.828. The van der Waals surface area contributed by atoms with Crippen molar-refractivity contribution < 1.29 is 14.1 Å². The SMILES string of the molecule is Cc1cc(NC(=O)CN(C(=O)/C=C/c2ccccc2)C(C)C)no1. The summed E-state index contributed by atoms with van der Waals surface area (Å²) in [7, 11) is 0. The van der Waals surface area contributed by atoms with Gasteiger partial charge in [0.1, 0.15) is 12.3 Å². The molecule has 0 bridgehead atoms. The van der Waals surface area contributed by atoms with Crippen LogP contribution in [0.15, 0.2) is 47.0 Å². The molecular weight excluding hydrogens is 306 g/mol. The largest absolute Gasteiger partial charge is 0.360 e. The number of nitrogens with one attached hydrogen (secondary N) is 1. The van der Waals surface area contributed by atoms with Crippen LogP contribution in [0.25, 0.3) is 6.08 Å². The third-order valence-corrected chi connectivity index (χ3v) is 3.33. The Labute approximate surface area is 141 Å². The van der Waals surface area contributed by atoms with E-state index in [4.69, 9.17) is 4.52 Å². The van der Waals surface area contributed by atoms with Gasteiger partial charge in [-0.05, 0) is 32.4 Å². The van der Waals surface area contributed by atoms with Gasteiger partial charge in [0.05, 0.1) is 0 Å². The minimum absolute atomic E-state index is 0.0540. The Morgan fingerprint density at radius 1 is 1.29 bits per heavy atom. The molecule has 6 nitrogen and oxygen atoms in total. The second kappa shape index (κ2) is 8.10. The van der Waals surface area contributed by atoms with Crippen LogP contribution in [0.3, 0.4) is 0 Å². The number of hydrogen-bond acceptors (Lipinski definition) is 4. The van der Waals surface area contributed by atoms with Crippen LogP contribution < -0.4 is 5.32 Å². The Morgan fingerprint density at radius 3 is 2.58 bits per heavy atom. The molecule has 0 spiro atoms. The molecule has 0 saturated carbocycles. The van der Waals surface area contributed by atoms with Gasteiger partial charge in [-0.25, -0.2) is 0 Å². The highest BCUT2D eigenvalue weighted by atomic mass is 16.5. The molecule has 0 unspecified atom stereocenters. The fourth-order valence-electron chi connectivity index (χ4n) is 2.10. The van der Waals surface area contributed by atoms with Gasteiger partial charge in [-0.1, -0.05) is 35.5 Å². The Kier molecular flexibility index (Phi) is 5.89. The van der Waals surface area contributed by atoms with Crippen molar-refractivity contribution in [3.8, 4) is 0 Å². The first-order chi connectivity index (χ1) is 11.5. The van der Waals surface area contributed by atoms with Crippen LogP contribution in [0.5, 0.6) is 0 Å². The van der Waals surface area contributed by atoms with Crippen LogP contribution in [0.4, 0.5) is 5.82 Å². The second-order valence-corrected chi connectivity index (χ2v) is 5.67. The van der Waals surface area contributed by atoms with Crippen molar-refractivity contribution in [3.05, 3.63) is 53.8 Å². The number of carbonyl (C=O) groups excluding carboxylic acids is 2. The van der Waals surface area contributed by atoms with Crippen molar-refractivity contribution in [2.75, 3.05) is 11.9 Å². The third kappa shape index (κ3) is 5.08. The number of anilines is 1. The molecule has 1 N–H and O–H groups in total. The lowest BCUT2D eigenvalue weighted by molar-refractivity contribution is -0.132. The molecule has 0 aliphatic carbocycles. The Morgan fingerprint density at radius 2 is 2.00 bits per heavy atom. The molecule has 1 aromatic heterocycles. The Balaban J connectivity index is 1.99. The van der Waals surface area contributed by atoms with Gasteiger partial charge in [-0.3, -0.25) is 9.59 Å². The number of carbonyl (C=O) groups is 2.